The summed E-state index contributed by atoms with van der Waals surface area (Å²) < 4.78 is 7.13. The maximum absolute atomic E-state index is 7.92. The Labute approximate surface area is 151 Å². The van der Waals surface area contributed by atoms with Gasteiger partial charge in [-0.3, -0.25) is 10.3 Å². The minimum absolute atomic E-state index is 0.0000830. The Morgan fingerprint density at radius 3 is 2.65 bits per heavy atom. The summed E-state index contributed by atoms with van der Waals surface area (Å²) in [4.78, 5) is 6.98. The van der Waals surface area contributed by atoms with Crippen LogP contribution in [-0.4, -0.2) is 58.2 Å². The highest BCUT2D eigenvalue weighted by atomic mass is 16.5. The van der Waals surface area contributed by atoms with E-state index in [-0.39, 0.29) is 5.84 Å². The monoisotopic (exact) mass is 350 g/mol. The largest absolute Gasteiger partial charge is 0.384 e. The zero-order valence-electron chi connectivity index (χ0n) is 14.6. The molecule has 3 aromatic rings. The number of ether oxygens (including phenoxy) is 1. The second kappa shape index (κ2) is 7.23. The van der Waals surface area contributed by atoms with Gasteiger partial charge in [-0.1, -0.05) is 30.3 Å². The highest BCUT2D eigenvalue weighted by Crippen LogP contribution is 2.22. The van der Waals surface area contributed by atoms with Crippen LogP contribution in [0.4, 0.5) is 0 Å². The first-order chi connectivity index (χ1) is 12.7. The second-order valence-electron chi connectivity index (χ2n) is 6.42. The highest BCUT2D eigenvalue weighted by Gasteiger charge is 2.15. The van der Waals surface area contributed by atoms with Gasteiger partial charge in [0.15, 0.2) is 11.5 Å². The van der Waals surface area contributed by atoms with Gasteiger partial charge in [0.25, 0.3) is 0 Å². The van der Waals surface area contributed by atoms with Crippen LogP contribution in [0.15, 0.2) is 42.6 Å². The van der Waals surface area contributed by atoms with E-state index in [1.165, 1.54) is 0 Å². The number of aromatic nitrogens is 3. The molecule has 7 heteroatoms. The number of pyridine rings is 1. The van der Waals surface area contributed by atoms with Gasteiger partial charge < -0.3 is 10.5 Å². The van der Waals surface area contributed by atoms with Gasteiger partial charge in [-0.15, -0.1) is 0 Å². The average Bonchev–Trinajstić information content (AvgIpc) is 3.10. The van der Waals surface area contributed by atoms with Gasteiger partial charge in [-0.2, -0.15) is 5.10 Å². The van der Waals surface area contributed by atoms with Crippen molar-refractivity contribution in [2.75, 3.05) is 32.8 Å². The molecule has 4 rings (SSSR count). The lowest BCUT2D eigenvalue weighted by Crippen LogP contribution is -2.37. The number of fused-ring (bicyclic) bond motifs is 1. The molecule has 3 N–H and O–H groups in total. The van der Waals surface area contributed by atoms with Crippen molar-refractivity contribution in [2.45, 2.75) is 6.42 Å². The predicted octanol–water partition coefficient (Wildman–Crippen LogP) is 1.56. The Bertz CT molecular complexity index is 914. The van der Waals surface area contributed by atoms with E-state index in [0.29, 0.717) is 11.2 Å². The molecule has 0 amide bonds. The maximum atomic E-state index is 7.92. The molecule has 0 bridgehead atoms. The summed E-state index contributed by atoms with van der Waals surface area (Å²) >= 11 is 0. The number of rotatable bonds is 5. The van der Waals surface area contributed by atoms with Gasteiger partial charge in [-0.05, 0) is 11.6 Å². The third kappa shape index (κ3) is 3.44. The van der Waals surface area contributed by atoms with Gasteiger partial charge in [0, 0.05) is 37.8 Å². The molecule has 1 aliphatic heterocycles. The molecule has 1 aliphatic rings. The fraction of sp³-hybridized carbons (Fsp3) is 0.316. The number of morpholine rings is 1. The van der Waals surface area contributed by atoms with Crippen molar-refractivity contribution in [3.63, 3.8) is 0 Å². The highest BCUT2D eigenvalue weighted by molar-refractivity contribution is 6.01. The Balaban J connectivity index is 1.65. The van der Waals surface area contributed by atoms with Crippen molar-refractivity contribution in [2.24, 2.45) is 5.73 Å². The summed E-state index contributed by atoms with van der Waals surface area (Å²) in [5, 5.41) is 12.5. The summed E-state index contributed by atoms with van der Waals surface area (Å²) in [5.41, 5.74) is 9.07. The Hall–Kier alpha value is -2.77. The van der Waals surface area contributed by atoms with Gasteiger partial charge in [0.1, 0.15) is 5.84 Å². The van der Waals surface area contributed by atoms with Crippen molar-refractivity contribution in [1.82, 2.24) is 19.5 Å². The molecule has 0 unspecified atom stereocenters. The zero-order valence-corrected chi connectivity index (χ0v) is 14.6. The van der Waals surface area contributed by atoms with Crippen molar-refractivity contribution in [3.05, 3.63) is 54.0 Å². The quantitative estimate of drug-likeness (QED) is 0.538. The zero-order chi connectivity index (χ0) is 17.9. The lowest BCUT2D eigenvalue weighted by Gasteiger charge is -2.25. The average molecular weight is 350 g/mol. The van der Waals surface area contributed by atoms with Crippen molar-refractivity contribution in [1.29, 1.82) is 5.41 Å². The molecular weight excluding hydrogens is 328 g/mol. The van der Waals surface area contributed by atoms with E-state index in [4.69, 9.17) is 15.9 Å². The molecule has 26 heavy (non-hydrogen) atoms. The van der Waals surface area contributed by atoms with Crippen LogP contribution in [0.5, 0.6) is 0 Å². The number of nitrogens with one attached hydrogen (secondary N) is 1. The molecule has 2 aromatic heterocycles. The molecule has 0 aliphatic carbocycles. The first-order valence-electron chi connectivity index (χ1n) is 8.80. The van der Waals surface area contributed by atoms with Gasteiger partial charge in [-0.25, -0.2) is 9.50 Å². The van der Waals surface area contributed by atoms with Crippen molar-refractivity contribution < 1.29 is 4.74 Å². The molecule has 1 fully saturated rings. The summed E-state index contributed by atoms with van der Waals surface area (Å²) in [6.45, 7) is 4.37. The van der Waals surface area contributed by atoms with Crippen molar-refractivity contribution in [3.8, 4) is 11.1 Å². The third-order valence-corrected chi connectivity index (χ3v) is 4.63. The SMILES string of the molecule is N=C(N)c1cc(-c2ccccc2)cn2nc(CCN3CCOCC3)nc12. The van der Waals surface area contributed by atoms with Crippen LogP contribution in [0, 0.1) is 5.41 Å². The molecular formula is C19H22N6O. The smallest absolute Gasteiger partial charge is 0.166 e. The number of hydrogen-bond acceptors (Lipinski definition) is 5. The Morgan fingerprint density at radius 2 is 1.92 bits per heavy atom. The fourth-order valence-electron chi connectivity index (χ4n) is 3.21. The molecule has 0 atom stereocenters. The predicted molar refractivity (Wildman–Crippen MR) is 100 cm³/mol. The molecule has 0 saturated carbocycles. The number of nitrogens with two attached hydrogens (primary N) is 1. The normalized spacial score (nSPS) is 15.4. The molecule has 134 valence electrons. The molecule has 7 nitrogen and oxygen atoms in total. The van der Waals surface area contributed by atoms with E-state index >= 15 is 0 Å². The topological polar surface area (TPSA) is 92.5 Å². The van der Waals surface area contributed by atoms with Crippen LogP contribution in [-0.2, 0) is 11.2 Å². The third-order valence-electron chi connectivity index (χ3n) is 4.63. The minimum atomic E-state index is -0.0000830. The van der Waals surface area contributed by atoms with Crippen LogP contribution >= 0.6 is 0 Å². The van der Waals surface area contributed by atoms with E-state index < -0.39 is 0 Å². The lowest BCUT2D eigenvalue weighted by molar-refractivity contribution is 0.0382. The number of nitrogens with zero attached hydrogens (tertiary/aromatic N) is 4. The molecule has 1 aromatic carbocycles. The van der Waals surface area contributed by atoms with Gasteiger partial charge >= 0.3 is 0 Å². The van der Waals surface area contributed by atoms with E-state index in [0.717, 1.165) is 56.2 Å². The van der Waals surface area contributed by atoms with Crippen LogP contribution in [0.1, 0.15) is 11.4 Å². The lowest BCUT2D eigenvalue weighted by atomic mass is 10.1. The van der Waals surface area contributed by atoms with E-state index in [2.05, 4.69) is 15.0 Å². The number of amidine groups is 1. The number of nitrogen functional groups attached to an aromatic ring is 1. The summed E-state index contributed by atoms with van der Waals surface area (Å²) in [7, 11) is 0. The van der Waals surface area contributed by atoms with E-state index in [1.54, 1.807) is 4.52 Å². The maximum Gasteiger partial charge on any atom is 0.166 e. The summed E-state index contributed by atoms with van der Waals surface area (Å²) in [6.07, 6.45) is 2.71. The fourth-order valence-corrected chi connectivity index (χ4v) is 3.21. The van der Waals surface area contributed by atoms with Crippen LogP contribution in [0.3, 0.4) is 0 Å². The van der Waals surface area contributed by atoms with Gasteiger partial charge in [0.05, 0.1) is 18.8 Å². The number of benzene rings is 1. The second-order valence-corrected chi connectivity index (χ2v) is 6.42. The van der Waals surface area contributed by atoms with Gasteiger partial charge in [0.2, 0.25) is 0 Å². The summed E-state index contributed by atoms with van der Waals surface area (Å²) in [6, 6.07) is 11.9. The van der Waals surface area contributed by atoms with E-state index in [9.17, 15) is 0 Å². The van der Waals surface area contributed by atoms with Crippen molar-refractivity contribution >= 4 is 11.5 Å². The van der Waals surface area contributed by atoms with Crippen LogP contribution in [0.25, 0.3) is 16.8 Å². The molecule has 0 spiro atoms. The Kier molecular flexibility index (Phi) is 4.64. The van der Waals surface area contributed by atoms with E-state index in [1.807, 2.05) is 42.6 Å². The molecule has 0 radical (unpaired) electrons. The minimum Gasteiger partial charge on any atom is -0.384 e. The number of hydrogen-bond donors (Lipinski definition) is 2. The first-order valence-corrected chi connectivity index (χ1v) is 8.80. The van der Waals surface area contributed by atoms with Crippen LogP contribution < -0.4 is 5.73 Å². The summed E-state index contributed by atoms with van der Waals surface area (Å²) in [5.74, 6) is 0.768. The standard InChI is InChI=1S/C19H22N6O/c20-18(21)16-12-15(14-4-2-1-3-5-14)13-25-19(16)22-17(23-25)6-7-24-8-10-26-11-9-24/h1-5,12-13H,6-11H2,(H3,20,21). The van der Waals surface area contributed by atoms with Crippen LogP contribution in [0.2, 0.25) is 0 Å². The molecule has 3 heterocycles. The first kappa shape index (κ1) is 16.7. The Morgan fingerprint density at radius 1 is 1.15 bits per heavy atom. The molecule has 1 saturated heterocycles.